The number of rotatable bonds is 4. The molecule has 0 spiro atoms. The van der Waals surface area contributed by atoms with Crippen molar-refractivity contribution >= 4 is 0 Å². The van der Waals surface area contributed by atoms with Gasteiger partial charge in [-0.2, -0.15) is 5.10 Å². The largest absolute Gasteiger partial charge is 0.312 e. The summed E-state index contributed by atoms with van der Waals surface area (Å²) in [5, 5.41) is 8.41. The Kier molecular flexibility index (Phi) is 3.88. The number of aryl methyl sites for hydroxylation is 1. The number of nitrogens with one attached hydrogen (secondary N) is 1. The first-order chi connectivity index (χ1) is 9.81. The van der Waals surface area contributed by atoms with Crippen molar-refractivity contribution in [2.45, 2.75) is 45.7 Å². The summed E-state index contributed by atoms with van der Waals surface area (Å²) in [6.07, 6.45) is 3.32. The summed E-state index contributed by atoms with van der Waals surface area (Å²) in [6.45, 7) is 6.51. The molecule has 3 nitrogen and oxygen atoms in total. The molecule has 1 atom stereocenters. The molecule has 0 bridgehead atoms. The van der Waals surface area contributed by atoms with Crippen molar-refractivity contribution in [1.82, 2.24) is 15.1 Å². The van der Waals surface area contributed by atoms with Gasteiger partial charge < -0.3 is 5.32 Å². The Morgan fingerprint density at radius 2 is 2.10 bits per heavy atom. The molecule has 2 aromatic rings. The van der Waals surface area contributed by atoms with Crippen molar-refractivity contribution < 1.29 is 0 Å². The molecule has 3 rings (SSSR count). The van der Waals surface area contributed by atoms with E-state index in [-0.39, 0.29) is 0 Å². The first kappa shape index (κ1) is 13.4. The lowest BCUT2D eigenvalue weighted by Crippen LogP contribution is -2.26. The molecule has 1 aliphatic rings. The molecule has 0 radical (unpaired) electrons. The SMILES string of the molecule is CCCc1nn(C(C)c2ccccc2)c2c1CNCC2. The van der Waals surface area contributed by atoms with Crippen LogP contribution >= 0.6 is 0 Å². The monoisotopic (exact) mass is 269 g/mol. The van der Waals surface area contributed by atoms with Gasteiger partial charge in [-0.25, -0.2) is 0 Å². The second-order valence-electron chi connectivity index (χ2n) is 5.58. The van der Waals surface area contributed by atoms with E-state index in [9.17, 15) is 0 Å². The second kappa shape index (κ2) is 5.80. The van der Waals surface area contributed by atoms with Gasteiger partial charge >= 0.3 is 0 Å². The molecule has 1 aliphatic heterocycles. The maximum Gasteiger partial charge on any atom is 0.0743 e. The molecular formula is C17H23N3. The fourth-order valence-electron chi connectivity index (χ4n) is 3.08. The highest BCUT2D eigenvalue weighted by atomic mass is 15.3. The molecule has 1 aromatic carbocycles. The summed E-state index contributed by atoms with van der Waals surface area (Å²) < 4.78 is 2.26. The fourth-order valence-corrected chi connectivity index (χ4v) is 3.08. The van der Waals surface area contributed by atoms with Gasteiger partial charge in [0.15, 0.2) is 0 Å². The molecule has 2 heterocycles. The molecule has 0 fully saturated rings. The van der Waals surface area contributed by atoms with Crippen LogP contribution in [0.25, 0.3) is 0 Å². The van der Waals surface area contributed by atoms with Crippen LogP contribution in [0, 0.1) is 0 Å². The minimum atomic E-state index is 0.314. The average Bonchev–Trinajstić information content (AvgIpc) is 2.87. The van der Waals surface area contributed by atoms with Crippen molar-refractivity contribution in [3.05, 3.63) is 52.8 Å². The van der Waals surface area contributed by atoms with Crippen LogP contribution in [0.4, 0.5) is 0 Å². The van der Waals surface area contributed by atoms with Gasteiger partial charge in [0.05, 0.1) is 11.7 Å². The normalized spacial score (nSPS) is 15.9. The third kappa shape index (κ3) is 2.38. The third-order valence-corrected chi connectivity index (χ3v) is 4.18. The Morgan fingerprint density at radius 1 is 1.30 bits per heavy atom. The molecule has 106 valence electrons. The lowest BCUT2D eigenvalue weighted by Gasteiger charge is -2.20. The van der Waals surface area contributed by atoms with E-state index in [4.69, 9.17) is 5.10 Å². The fraction of sp³-hybridized carbons (Fsp3) is 0.471. The van der Waals surface area contributed by atoms with Crippen molar-refractivity contribution in [1.29, 1.82) is 0 Å². The van der Waals surface area contributed by atoms with Gasteiger partial charge in [0, 0.05) is 30.8 Å². The van der Waals surface area contributed by atoms with Crippen LogP contribution in [0.2, 0.25) is 0 Å². The standard InChI is InChI=1S/C17H23N3/c1-3-7-16-15-12-18-11-10-17(15)20(19-16)13(2)14-8-5-4-6-9-14/h4-6,8-9,13,18H,3,7,10-12H2,1-2H3. The highest BCUT2D eigenvalue weighted by molar-refractivity contribution is 5.31. The lowest BCUT2D eigenvalue weighted by molar-refractivity contribution is 0.515. The predicted molar refractivity (Wildman–Crippen MR) is 81.9 cm³/mol. The van der Waals surface area contributed by atoms with Crippen LogP contribution in [0.1, 0.15) is 48.8 Å². The third-order valence-electron chi connectivity index (χ3n) is 4.18. The van der Waals surface area contributed by atoms with Gasteiger partial charge in [-0.05, 0) is 18.9 Å². The highest BCUT2D eigenvalue weighted by Gasteiger charge is 2.22. The summed E-state index contributed by atoms with van der Waals surface area (Å²) in [4.78, 5) is 0. The summed E-state index contributed by atoms with van der Waals surface area (Å²) in [5.41, 5.74) is 5.50. The van der Waals surface area contributed by atoms with Crippen LogP contribution in [0.5, 0.6) is 0 Å². The summed E-state index contributed by atoms with van der Waals surface area (Å²) in [6, 6.07) is 11.0. The van der Waals surface area contributed by atoms with E-state index >= 15 is 0 Å². The smallest absolute Gasteiger partial charge is 0.0743 e. The molecule has 0 saturated heterocycles. The van der Waals surface area contributed by atoms with Crippen LogP contribution in [0.3, 0.4) is 0 Å². The minimum absolute atomic E-state index is 0.314. The number of fused-ring (bicyclic) bond motifs is 1. The topological polar surface area (TPSA) is 29.9 Å². The van der Waals surface area contributed by atoms with Gasteiger partial charge in [0.25, 0.3) is 0 Å². The number of benzene rings is 1. The first-order valence-electron chi connectivity index (χ1n) is 7.66. The van der Waals surface area contributed by atoms with Gasteiger partial charge in [-0.3, -0.25) is 4.68 Å². The second-order valence-corrected chi connectivity index (χ2v) is 5.58. The van der Waals surface area contributed by atoms with E-state index < -0.39 is 0 Å². The van der Waals surface area contributed by atoms with E-state index in [1.54, 1.807) is 0 Å². The molecular weight excluding hydrogens is 246 g/mol. The van der Waals surface area contributed by atoms with Gasteiger partial charge in [-0.15, -0.1) is 0 Å². The number of hydrogen-bond acceptors (Lipinski definition) is 2. The Morgan fingerprint density at radius 3 is 2.85 bits per heavy atom. The quantitative estimate of drug-likeness (QED) is 0.924. The zero-order valence-electron chi connectivity index (χ0n) is 12.4. The van der Waals surface area contributed by atoms with Crippen LogP contribution < -0.4 is 5.32 Å². The predicted octanol–water partition coefficient (Wildman–Crippen LogP) is 3.09. The van der Waals surface area contributed by atoms with Crippen LogP contribution in [-0.4, -0.2) is 16.3 Å². The number of nitrogens with zero attached hydrogens (tertiary/aromatic N) is 2. The highest BCUT2D eigenvalue weighted by Crippen LogP contribution is 2.26. The molecule has 3 heteroatoms. The summed E-state index contributed by atoms with van der Waals surface area (Å²) >= 11 is 0. The Bertz CT molecular complexity index is 571. The Balaban J connectivity index is 2.00. The molecule has 0 aliphatic carbocycles. The van der Waals surface area contributed by atoms with Crippen molar-refractivity contribution in [3.63, 3.8) is 0 Å². The van der Waals surface area contributed by atoms with Gasteiger partial charge in [0.2, 0.25) is 0 Å². The van der Waals surface area contributed by atoms with Crippen molar-refractivity contribution in [3.8, 4) is 0 Å². The van der Waals surface area contributed by atoms with E-state index in [0.29, 0.717) is 6.04 Å². The Labute approximate surface area is 121 Å². The van der Waals surface area contributed by atoms with Crippen LogP contribution in [-0.2, 0) is 19.4 Å². The summed E-state index contributed by atoms with van der Waals surface area (Å²) in [5.74, 6) is 0. The zero-order chi connectivity index (χ0) is 13.9. The first-order valence-corrected chi connectivity index (χ1v) is 7.66. The maximum atomic E-state index is 4.93. The minimum Gasteiger partial charge on any atom is -0.312 e. The lowest BCUT2D eigenvalue weighted by atomic mass is 10.0. The average molecular weight is 269 g/mol. The summed E-state index contributed by atoms with van der Waals surface area (Å²) in [7, 11) is 0. The maximum absolute atomic E-state index is 4.93. The molecule has 1 aromatic heterocycles. The van der Waals surface area contributed by atoms with E-state index in [2.05, 4.69) is 54.2 Å². The molecule has 0 amide bonds. The Hall–Kier alpha value is -1.61. The molecule has 1 N–H and O–H groups in total. The van der Waals surface area contributed by atoms with Gasteiger partial charge in [-0.1, -0.05) is 43.7 Å². The van der Waals surface area contributed by atoms with Crippen molar-refractivity contribution in [2.75, 3.05) is 6.54 Å². The van der Waals surface area contributed by atoms with E-state index in [1.807, 2.05) is 0 Å². The molecule has 0 saturated carbocycles. The number of aromatic nitrogens is 2. The van der Waals surface area contributed by atoms with Crippen molar-refractivity contribution in [2.24, 2.45) is 0 Å². The van der Waals surface area contributed by atoms with E-state index in [1.165, 1.54) is 22.5 Å². The number of hydrogen-bond donors (Lipinski definition) is 1. The van der Waals surface area contributed by atoms with Gasteiger partial charge in [0.1, 0.15) is 0 Å². The van der Waals surface area contributed by atoms with E-state index in [0.717, 1.165) is 32.4 Å². The molecule has 20 heavy (non-hydrogen) atoms. The van der Waals surface area contributed by atoms with Crippen LogP contribution in [0.15, 0.2) is 30.3 Å². The molecule has 1 unspecified atom stereocenters. The zero-order valence-corrected chi connectivity index (χ0v) is 12.4.